The molecule has 0 bridgehead atoms. The molecule has 0 aromatic carbocycles. The third-order valence-corrected chi connectivity index (χ3v) is 4.96. The highest BCUT2D eigenvalue weighted by Gasteiger charge is 2.46. The first-order valence-electron chi connectivity index (χ1n) is 7.76. The maximum atomic E-state index is 12.7. The van der Waals surface area contributed by atoms with Crippen LogP contribution in [0.4, 0.5) is 0 Å². The van der Waals surface area contributed by atoms with Gasteiger partial charge >= 0.3 is 0 Å². The molecule has 5 nitrogen and oxygen atoms in total. The lowest BCUT2D eigenvalue weighted by molar-refractivity contribution is -0.154. The number of hydrogen-bond acceptors (Lipinski definition) is 3. The number of nitrogens with one attached hydrogen (secondary N) is 1. The predicted molar refractivity (Wildman–Crippen MR) is 78.2 cm³/mol. The highest BCUT2D eigenvalue weighted by molar-refractivity contribution is 5.99. The third kappa shape index (κ3) is 2.68. The van der Waals surface area contributed by atoms with E-state index in [0.29, 0.717) is 18.9 Å². The van der Waals surface area contributed by atoms with Gasteiger partial charge in [-0.2, -0.15) is 0 Å². The number of carbonyl (C=O) groups is 2. The number of carbonyl (C=O) groups excluding carboxylic acids is 2. The Morgan fingerprint density at radius 3 is 2.60 bits per heavy atom. The fourth-order valence-electron chi connectivity index (χ4n) is 3.17. The van der Waals surface area contributed by atoms with Crippen molar-refractivity contribution in [2.24, 2.45) is 5.92 Å². The summed E-state index contributed by atoms with van der Waals surface area (Å²) in [6.45, 7) is 11.7. The summed E-state index contributed by atoms with van der Waals surface area (Å²) in [7, 11) is 0. The lowest BCUT2D eigenvalue weighted by Crippen LogP contribution is -2.68. The smallest absolute Gasteiger partial charge is 0.248 e. The third-order valence-electron chi connectivity index (χ3n) is 4.96. The Bertz CT molecular complexity index is 399. The number of hydrogen-bond donors (Lipinski definition) is 1. The van der Waals surface area contributed by atoms with Crippen LogP contribution >= 0.6 is 0 Å². The average molecular weight is 281 g/mol. The van der Waals surface area contributed by atoms with Crippen molar-refractivity contribution in [1.82, 2.24) is 15.1 Å². The highest BCUT2D eigenvalue weighted by atomic mass is 16.2. The van der Waals surface area contributed by atoms with Crippen LogP contribution < -0.4 is 5.32 Å². The van der Waals surface area contributed by atoms with Crippen molar-refractivity contribution in [3.05, 3.63) is 0 Å². The molecule has 3 unspecified atom stereocenters. The molecule has 0 spiro atoms. The Kier molecular flexibility index (Phi) is 4.37. The van der Waals surface area contributed by atoms with E-state index in [-0.39, 0.29) is 17.9 Å². The van der Waals surface area contributed by atoms with E-state index in [4.69, 9.17) is 0 Å². The number of amides is 2. The zero-order valence-corrected chi connectivity index (χ0v) is 13.1. The lowest BCUT2D eigenvalue weighted by atomic mass is 9.91. The largest absolute Gasteiger partial charge is 0.340 e. The van der Waals surface area contributed by atoms with Crippen LogP contribution in [0.1, 0.15) is 40.5 Å². The number of rotatable bonds is 4. The Hall–Kier alpha value is -1.10. The topological polar surface area (TPSA) is 52.6 Å². The van der Waals surface area contributed by atoms with Crippen LogP contribution in [0.25, 0.3) is 0 Å². The summed E-state index contributed by atoms with van der Waals surface area (Å²) in [5, 5.41) is 2.88. The van der Waals surface area contributed by atoms with E-state index >= 15 is 0 Å². The molecule has 2 fully saturated rings. The van der Waals surface area contributed by atoms with Crippen LogP contribution in [0, 0.1) is 5.92 Å². The number of piperazine rings is 1. The zero-order chi connectivity index (χ0) is 14.9. The normalized spacial score (nSPS) is 35.5. The van der Waals surface area contributed by atoms with E-state index in [2.05, 4.69) is 17.1 Å². The maximum absolute atomic E-state index is 12.7. The molecular formula is C15H27N3O2. The molecule has 0 aliphatic carbocycles. The Balaban J connectivity index is 2.08. The van der Waals surface area contributed by atoms with E-state index in [1.807, 2.05) is 20.8 Å². The van der Waals surface area contributed by atoms with Crippen LogP contribution in [-0.4, -0.2) is 59.4 Å². The minimum atomic E-state index is -0.730. The van der Waals surface area contributed by atoms with Crippen LogP contribution in [0.3, 0.4) is 0 Å². The first kappa shape index (κ1) is 15.3. The van der Waals surface area contributed by atoms with Crippen LogP contribution in [0.2, 0.25) is 0 Å². The van der Waals surface area contributed by atoms with Crippen LogP contribution in [0.5, 0.6) is 0 Å². The number of likely N-dealkylation sites (tertiary alicyclic amines) is 1. The van der Waals surface area contributed by atoms with Crippen molar-refractivity contribution in [3.8, 4) is 0 Å². The second kappa shape index (κ2) is 5.72. The van der Waals surface area contributed by atoms with E-state index in [1.165, 1.54) is 0 Å². The van der Waals surface area contributed by atoms with Gasteiger partial charge in [0.15, 0.2) is 0 Å². The van der Waals surface area contributed by atoms with Gasteiger partial charge in [-0.3, -0.25) is 9.59 Å². The van der Waals surface area contributed by atoms with E-state index < -0.39 is 5.54 Å². The highest BCUT2D eigenvalue weighted by Crippen LogP contribution is 2.25. The van der Waals surface area contributed by atoms with Gasteiger partial charge in [0.25, 0.3) is 0 Å². The summed E-state index contributed by atoms with van der Waals surface area (Å²) in [5.74, 6) is 0.537. The summed E-state index contributed by atoms with van der Waals surface area (Å²) >= 11 is 0. The molecule has 0 aromatic rings. The van der Waals surface area contributed by atoms with E-state index in [1.54, 1.807) is 4.90 Å². The standard InChI is InChI=1S/C15H27N3O2/c1-5-15(4)14(20)18(11(3)13(19)16-15)10-12-7-8-17(6-2)9-12/h11-12H,5-10H2,1-4H3,(H,16,19). The summed E-state index contributed by atoms with van der Waals surface area (Å²) in [6.07, 6.45) is 1.75. The van der Waals surface area contributed by atoms with Gasteiger partial charge < -0.3 is 15.1 Å². The average Bonchev–Trinajstić information content (AvgIpc) is 2.89. The maximum Gasteiger partial charge on any atom is 0.248 e. The molecule has 1 N–H and O–H groups in total. The van der Waals surface area contributed by atoms with Gasteiger partial charge in [-0.25, -0.2) is 0 Å². The van der Waals surface area contributed by atoms with E-state index in [9.17, 15) is 9.59 Å². The van der Waals surface area contributed by atoms with Gasteiger partial charge in [-0.05, 0) is 45.7 Å². The van der Waals surface area contributed by atoms with Crippen LogP contribution in [0.15, 0.2) is 0 Å². The van der Waals surface area contributed by atoms with Crippen molar-refractivity contribution in [2.45, 2.75) is 52.1 Å². The number of nitrogens with zero attached hydrogens (tertiary/aromatic N) is 2. The Labute approximate surface area is 121 Å². The van der Waals surface area contributed by atoms with Gasteiger partial charge in [-0.15, -0.1) is 0 Å². The quantitative estimate of drug-likeness (QED) is 0.831. The molecule has 2 saturated heterocycles. The molecule has 0 aromatic heterocycles. The molecule has 5 heteroatoms. The van der Waals surface area contributed by atoms with Crippen molar-refractivity contribution in [1.29, 1.82) is 0 Å². The fourth-order valence-corrected chi connectivity index (χ4v) is 3.17. The second-order valence-electron chi connectivity index (χ2n) is 6.36. The van der Waals surface area contributed by atoms with Crippen LogP contribution in [-0.2, 0) is 9.59 Å². The molecule has 0 radical (unpaired) electrons. The van der Waals surface area contributed by atoms with Crippen molar-refractivity contribution in [2.75, 3.05) is 26.2 Å². The summed E-state index contributed by atoms with van der Waals surface area (Å²) in [4.78, 5) is 29.0. The first-order valence-corrected chi connectivity index (χ1v) is 7.76. The Morgan fingerprint density at radius 1 is 1.35 bits per heavy atom. The molecule has 2 heterocycles. The molecule has 2 aliphatic heterocycles. The van der Waals surface area contributed by atoms with Gasteiger partial charge in [0.2, 0.25) is 11.8 Å². The monoisotopic (exact) mass is 281 g/mol. The van der Waals surface area contributed by atoms with Gasteiger partial charge in [-0.1, -0.05) is 13.8 Å². The first-order chi connectivity index (χ1) is 9.41. The van der Waals surface area contributed by atoms with Crippen molar-refractivity contribution in [3.63, 3.8) is 0 Å². The Morgan fingerprint density at radius 2 is 2.05 bits per heavy atom. The molecule has 20 heavy (non-hydrogen) atoms. The minimum Gasteiger partial charge on any atom is -0.340 e. The second-order valence-corrected chi connectivity index (χ2v) is 6.36. The predicted octanol–water partition coefficient (Wildman–Crippen LogP) is 0.844. The molecule has 2 rings (SSSR count). The molecule has 2 aliphatic rings. The fraction of sp³-hybridized carbons (Fsp3) is 0.867. The van der Waals surface area contributed by atoms with Gasteiger partial charge in [0.1, 0.15) is 11.6 Å². The molecular weight excluding hydrogens is 254 g/mol. The van der Waals surface area contributed by atoms with E-state index in [0.717, 1.165) is 26.1 Å². The molecule has 114 valence electrons. The zero-order valence-electron chi connectivity index (χ0n) is 13.1. The lowest BCUT2D eigenvalue weighted by Gasteiger charge is -2.43. The molecule has 2 amide bonds. The SMILES string of the molecule is CCN1CCC(CN2C(=O)C(C)(CC)NC(=O)C2C)C1. The van der Waals surface area contributed by atoms with Gasteiger partial charge in [0, 0.05) is 13.1 Å². The molecule has 0 saturated carbocycles. The summed E-state index contributed by atoms with van der Waals surface area (Å²) in [5.41, 5.74) is -0.730. The van der Waals surface area contributed by atoms with Crippen molar-refractivity contribution < 1.29 is 9.59 Å². The summed E-state index contributed by atoms with van der Waals surface area (Å²) in [6, 6.07) is -0.349. The summed E-state index contributed by atoms with van der Waals surface area (Å²) < 4.78 is 0. The van der Waals surface area contributed by atoms with Crippen molar-refractivity contribution >= 4 is 11.8 Å². The van der Waals surface area contributed by atoms with Gasteiger partial charge in [0.05, 0.1) is 0 Å². The minimum absolute atomic E-state index is 0.0284. The molecule has 3 atom stereocenters.